The third-order valence-electron chi connectivity index (χ3n) is 6.04. The number of likely N-dealkylation sites (N-methyl/N-ethyl adjacent to an activating group) is 1. The first-order chi connectivity index (χ1) is 17.5. The summed E-state index contributed by atoms with van der Waals surface area (Å²) in [6.07, 6.45) is 2.26. The van der Waals surface area contributed by atoms with Crippen LogP contribution in [0.25, 0.3) is 0 Å². The van der Waals surface area contributed by atoms with Crippen LogP contribution in [-0.2, 0) is 16.4 Å². The van der Waals surface area contributed by atoms with E-state index in [-0.39, 0.29) is 41.3 Å². The van der Waals surface area contributed by atoms with Crippen molar-refractivity contribution < 1.29 is 27.1 Å². The van der Waals surface area contributed by atoms with Crippen molar-refractivity contribution in [2.24, 2.45) is 0 Å². The van der Waals surface area contributed by atoms with Crippen molar-refractivity contribution in [3.63, 3.8) is 0 Å². The number of methoxy groups -OCH3 is 1. The predicted molar refractivity (Wildman–Crippen MR) is 143 cm³/mol. The highest BCUT2D eigenvalue weighted by Crippen LogP contribution is 2.40. The number of fused-ring (bicyclic) bond motifs is 1. The number of ether oxygens (including phenoxy) is 2. The van der Waals surface area contributed by atoms with Crippen LogP contribution in [0.2, 0.25) is 5.02 Å². The minimum Gasteiger partial charge on any atom is -0.495 e. The average molecular weight is 566 g/mol. The fourth-order valence-electron chi connectivity index (χ4n) is 4.17. The van der Waals surface area contributed by atoms with Gasteiger partial charge < -0.3 is 20.1 Å². The third-order valence-corrected chi connectivity index (χ3v) is 7.58. The van der Waals surface area contributed by atoms with E-state index in [1.54, 1.807) is 0 Å². The first-order valence-corrected chi connectivity index (χ1v) is 13.3. The van der Waals surface area contributed by atoms with Gasteiger partial charge in [-0.25, -0.2) is 17.8 Å². The van der Waals surface area contributed by atoms with Gasteiger partial charge in [0.25, 0.3) is 5.91 Å². The van der Waals surface area contributed by atoms with Gasteiger partial charge in [0, 0.05) is 26.6 Å². The molecular weight excluding hydrogens is 537 g/mol. The number of carbonyl (C=O) groups is 1. The molecule has 10 nitrogen and oxygen atoms in total. The van der Waals surface area contributed by atoms with Crippen LogP contribution in [0.4, 0.5) is 16.0 Å². The van der Waals surface area contributed by atoms with Crippen molar-refractivity contribution >= 4 is 39.2 Å². The highest BCUT2D eigenvalue weighted by Gasteiger charge is 2.40. The largest absolute Gasteiger partial charge is 0.495 e. The predicted octanol–water partition coefficient (Wildman–Crippen LogP) is 3.95. The van der Waals surface area contributed by atoms with Crippen LogP contribution < -0.4 is 20.1 Å². The molecule has 2 aromatic carbocycles. The molecule has 0 bridgehead atoms. The van der Waals surface area contributed by atoms with Gasteiger partial charge >= 0.3 is 0 Å². The molecule has 1 aliphatic carbocycles. The molecule has 0 fully saturated rings. The average Bonchev–Trinajstić information content (AvgIpc) is 3.22. The number of sulfonamides is 1. The zero-order valence-electron chi connectivity index (χ0n) is 20.5. The molecule has 1 aromatic heterocycles. The van der Waals surface area contributed by atoms with E-state index < -0.39 is 33.9 Å². The van der Waals surface area contributed by atoms with Gasteiger partial charge in [-0.1, -0.05) is 43.3 Å². The summed E-state index contributed by atoms with van der Waals surface area (Å²) in [5, 5.41) is 5.33. The molecule has 0 saturated carbocycles. The van der Waals surface area contributed by atoms with E-state index in [1.165, 1.54) is 37.8 Å². The molecule has 13 heteroatoms. The zero-order valence-corrected chi connectivity index (χ0v) is 22.0. The van der Waals surface area contributed by atoms with Gasteiger partial charge in [-0.2, -0.15) is 9.29 Å². The number of nitrogens with zero attached hydrogens (tertiary/aromatic N) is 3. The molecule has 0 spiro atoms. The van der Waals surface area contributed by atoms with Crippen molar-refractivity contribution in [1.29, 1.82) is 0 Å². The third kappa shape index (κ3) is 5.82. The quantitative estimate of drug-likeness (QED) is 0.421. The smallest absolute Gasteiger partial charge is 0.254 e. The van der Waals surface area contributed by atoms with E-state index in [0.717, 1.165) is 23.4 Å². The Kier molecular flexibility index (Phi) is 8.80. The number of rotatable bonds is 8. The Morgan fingerprint density at radius 2 is 1.97 bits per heavy atom. The number of hydrogen-bond acceptors (Lipinski definition) is 8. The lowest BCUT2D eigenvalue weighted by Crippen LogP contribution is -2.38. The van der Waals surface area contributed by atoms with E-state index in [0.29, 0.717) is 6.42 Å². The van der Waals surface area contributed by atoms with Crippen molar-refractivity contribution in [3.05, 3.63) is 70.1 Å². The fourth-order valence-corrected chi connectivity index (χ4v) is 4.96. The monoisotopic (exact) mass is 565 g/mol. The number of amides is 1. The minimum absolute atomic E-state index is 0. The summed E-state index contributed by atoms with van der Waals surface area (Å²) in [5.41, 5.74) is 1.77. The Hall–Kier alpha value is -3.48. The molecule has 0 saturated heterocycles. The minimum atomic E-state index is -3.54. The molecule has 1 amide bonds. The van der Waals surface area contributed by atoms with Gasteiger partial charge in [0.05, 0.1) is 36.9 Å². The molecule has 2 atom stereocenters. The van der Waals surface area contributed by atoms with Gasteiger partial charge in [-0.15, -0.1) is 0 Å². The first kappa shape index (κ1) is 29.1. The second-order valence-corrected chi connectivity index (χ2v) is 10.8. The number of carbonyl (C=O) groups excluding carboxylic acids is 1. The highest BCUT2D eigenvalue weighted by molar-refractivity contribution is 7.88. The summed E-state index contributed by atoms with van der Waals surface area (Å²) >= 11 is 6.32. The summed E-state index contributed by atoms with van der Waals surface area (Å²) in [6.45, 7) is 0. The van der Waals surface area contributed by atoms with Crippen LogP contribution in [0.1, 0.15) is 35.0 Å². The Morgan fingerprint density at radius 1 is 1.26 bits per heavy atom. The summed E-state index contributed by atoms with van der Waals surface area (Å²) in [5.74, 6) is -1.16. The molecule has 0 radical (unpaired) electrons. The van der Waals surface area contributed by atoms with Crippen LogP contribution in [-0.4, -0.2) is 62.2 Å². The SMILES string of the molecule is C.CNC(=O)c1cc(OC)c(Nc2ncc(Cl)c(O[C@@H]3Cc4ccccc4[C@H]3N(C)S(C)(=O)=O)n2)cc1F. The van der Waals surface area contributed by atoms with Crippen LogP contribution in [0.3, 0.4) is 0 Å². The van der Waals surface area contributed by atoms with Gasteiger partial charge in [0.2, 0.25) is 21.9 Å². The Labute approximate surface area is 226 Å². The van der Waals surface area contributed by atoms with Crippen molar-refractivity contribution in [2.75, 3.05) is 32.8 Å². The molecule has 3 aromatic rings. The summed E-state index contributed by atoms with van der Waals surface area (Å²) in [4.78, 5) is 20.4. The van der Waals surface area contributed by atoms with E-state index >= 15 is 0 Å². The maximum absolute atomic E-state index is 14.6. The summed E-state index contributed by atoms with van der Waals surface area (Å²) < 4.78 is 52.0. The van der Waals surface area contributed by atoms with Gasteiger partial charge in [0.1, 0.15) is 22.7 Å². The van der Waals surface area contributed by atoms with Crippen LogP contribution in [0.15, 0.2) is 42.6 Å². The van der Waals surface area contributed by atoms with E-state index in [4.69, 9.17) is 21.1 Å². The maximum atomic E-state index is 14.6. The number of anilines is 2. The normalized spacial score (nSPS) is 16.4. The number of halogens is 2. The van der Waals surface area contributed by atoms with E-state index in [9.17, 15) is 17.6 Å². The molecule has 0 unspecified atom stereocenters. The van der Waals surface area contributed by atoms with Gasteiger partial charge in [-0.05, 0) is 17.2 Å². The number of nitrogens with one attached hydrogen (secondary N) is 2. The Bertz CT molecular complexity index is 1460. The zero-order chi connectivity index (χ0) is 26.9. The van der Waals surface area contributed by atoms with Gasteiger partial charge in [0.15, 0.2) is 0 Å². The number of aromatic nitrogens is 2. The fraction of sp³-hybridized carbons (Fsp3) is 0.320. The summed E-state index contributed by atoms with van der Waals surface area (Å²) in [6, 6.07) is 9.24. The second kappa shape index (κ2) is 11.5. The van der Waals surface area contributed by atoms with E-state index in [1.807, 2.05) is 24.3 Å². The van der Waals surface area contributed by atoms with Crippen molar-refractivity contribution in [1.82, 2.24) is 19.6 Å². The second-order valence-electron chi connectivity index (χ2n) is 8.37. The van der Waals surface area contributed by atoms with Crippen LogP contribution >= 0.6 is 11.6 Å². The lowest BCUT2D eigenvalue weighted by atomic mass is 10.1. The molecule has 0 aliphatic heterocycles. The molecule has 204 valence electrons. The molecular formula is C25H29ClFN5O5S. The lowest BCUT2D eigenvalue weighted by Gasteiger charge is -2.28. The Balaban J connectivity index is 0.00000400. The standard InChI is InChI=1S/C24H25ClFN5O5S.CH4/c1-27-22(32)15-10-19(35-3)18(11-17(15)26)29-24-28-12-16(25)23(30-24)36-20-9-13-7-5-6-8-14(13)21(20)31(2)37(4,33)34;/h5-8,10-12,20-21H,9H2,1-4H3,(H,27,32)(H,28,29,30);1H4/t20-,21-;/m1./s1. The molecule has 1 heterocycles. The maximum Gasteiger partial charge on any atom is 0.254 e. The Morgan fingerprint density at radius 3 is 2.63 bits per heavy atom. The van der Waals surface area contributed by atoms with E-state index in [2.05, 4.69) is 20.6 Å². The number of benzene rings is 2. The van der Waals surface area contributed by atoms with Crippen molar-refractivity contribution in [3.8, 4) is 11.6 Å². The topological polar surface area (TPSA) is 123 Å². The van der Waals surface area contributed by atoms with Crippen LogP contribution in [0, 0.1) is 5.82 Å². The van der Waals surface area contributed by atoms with Crippen molar-refractivity contribution in [2.45, 2.75) is 26.0 Å². The van der Waals surface area contributed by atoms with Gasteiger partial charge in [-0.3, -0.25) is 4.79 Å². The highest BCUT2D eigenvalue weighted by atomic mass is 35.5. The first-order valence-electron chi connectivity index (χ1n) is 11.1. The lowest BCUT2D eigenvalue weighted by molar-refractivity contribution is 0.0958. The molecule has 4 rings (SSSR count). The number of hydrogen-bond donors (Lipinski definition) is 2. The summed E-state index contributed by atoms with van der Waals surface area (Å²) in [7, 11) is 0.725. The molecule has 2 N–H and O–H groups in total. The molecule has 1 aliphatic rings. The molecule has 38 heavy (non-hydrogen) atoms. The van der Waals surface area contributed by atoms with Crippen LogP contribution in [0.5, 0.6) is 11.6 Å².